The molecule has 1 aromatic heterocycles. The molecule has 146 valence electrons. The number of nitrogens with one attached hydrogen (secondary N) is 1. The third-order valence-corrected chi connectivity index (χ3v) is 4.86. The third-order valence-electron chi connectivity index (χ3n) is 3.59. The van der Waals surface area contributed by atoms with Crippen LogP contribution in [0, 0.1) is 0 Å². The van der Waals surface area contributed by atoms with Gasteiger partial charge in [-0.15, -0.1) is 10.2 Å². The van der Waals surface area contributed by atoms with Crippen molar-refractivity contribution in [1.29, 1.82) is 0 Å². The van der Waals surface area contributed by atoms with Gasteiger partial charge in [0.2, 0.25) is 0 Å². The first-order chi connectivity index (χ1) is 12.8. The number of aryl methyl sites for hydroxylation is 1. The molecule has 0 saturated heterocycles. The predicted octanol–water partition coefficient (Wildman–Crippen LogP) is 3.77. The monoisotopic (exact) mass is 456 g/mol. The van der Waals surface area contributed by atoms with Gasteiger partial charge in [0.25, 0.3) is 10.1 Å². The topological polar surface area (TPSA) is 124 Å². The molecule has 2 aromatic rings. The molecule has 1 heterocycles. The summed E-state index contributed by atoms with van der Waals surface area (Å²) in [5.41, 5.74) is 1.33. The fourth-order valence-electron chi connectivity index (χ4n) is 2.26. The predicted molar refractivity (Wildman–Crippen MR) is 106 cm³/mol. The molecule has 0 spiro atoms. The summed E-state index contributed by atoms with van der Waals surface area (Å²) in [4.78, 5) is 4.08. The molecule has 27 heavy (non-hydrogen) atoms. The molecular formula is C17H21BrN4O4S. The number of hydrogen-bond donors (Lipinski definition) is 3. The van der Waals surface area contributed by atoms with Crippen molar-refractivity contribution in [1.82, 2.24) is 10.3 Å². The van der Waals surface area contributed by atoms with E-state index in [1.807, 2.05) is 6.07 Å². The van der Waals surface area contributed by atoms with E-state index in [0.717, 1.165) is 22.9 Å². The maximum absolute atomic E-state index is 10.6. The number of aromatic nitrogens is 1. The first-order valence-corrected chi connectivity index (χ1v) is 10.7. The van der Waals surface area contributed by atoms with E-state index in [-0.39, 0.29) is 11.5 Å². The van der Waals surface area contributed by atoms with Crippen molar-refractivity contribution in [2.75, 3.05) is 18.8 Å². The average Bonchev–Trinajstić information content (AvgIpc) is 2.60. The zero-order valence-corrected chi connectivity index (χ0v) is 16.9. The van der Waals surface area contributed by atoms with Crippen LogP contribution in [0.1, 0.15) is 18.4 Å². The van der Waals surface area contributed by atoms with Crippen molar-refractivity contribution in [3.63, 3.8) is 0 Å². The molecule has 0 fully saturated rings. The van der Waals surface area contributed by atoms with Crippen LogP contribution >= 0.6 is 15.9 Å². The van der Waals surface area contributed by atoms with E-state index in [0.29, 0.717) is 31.0 Å². The van der Waals surface area contributed by atoms with Crippen LogP contribution in [0.15, 0.2) is 51.2 Å². The fraction of sp³-hybridized carbons (Fsp3) is 0.353. The zero-order valence-electron chi connectivity index (χ0n) is 14.5. The molecular weight excluding hydrogens is 436 g/mol. The van der Waals surface area contributed by atoms with E-state index in [1.165, 1.54) is 0 Å². The van der Waals surface area contributed by atoms with Crippen LogP contribution in [0.4, 0.5) is 11.5 Å². The first kappa shape index (κ1) is 21.4. The summed E-state index contributed by atoms with van der Waals surface area (Å²) in [6.45, 7) is 1.23. The summed E-state index contributed by atoms with van der Waals surface area (Å²) in [5, 5.41) is 21.2. The van der Waals surface area contributed by atoms with E-state index in [9.17, 15) is 13.5 Å². The Labute approximate surface area is 166 Å². The highest BCUT2D eigenvalue weighted by atomic mass is 79.9. The van der Waals surface area contributed by atoms with E-state index in [1.54, 1.807) is 30.5 Å². The highest BCUT2D eigenvalue weighted by Gasteiger charge is 2.04. The quantitative estimate of drug-likeness (QED) is 0.284. The van der Waals surface area contributed by atoms with Crippen LogP contribution in [0.3, 0.4) is 0 Å². The molecule has 0 unspecified atom stereocenters. The number of aromatic hydroxyl groups is 1. The molecule has 0 amide bonds. The Morgan fingerprint density at radius 1 is 1.11 bits per heavy atom. The lowest BCUT2D eigenvalue weighted by Gasteiger charge is -2.06. The summed E-state index contributed by atoms with van der Waals surface area (Å²) in [5.74, 6) is 0.260. The van der Waals surface area contributed by atoms with Crippen molar-refractivity contribution >= 4 is 37.6 Å². The summed E-state index contributed by atoms with van der Waals surface area (Å²) in [6, 6.07) is 8.75. The highest BCUT2D eigenvalue weighted by molar-refractivity contribution is 9.10. The molecule has 1 aromatic carbocycles. The van der Waals surface area contributed by atoms with Gasteiger partial charge in [0.1, 0.15) is 11.4 Å². The van der Waals surface area contributed by atoms with Gasteiger partial charge in [0.05, 0.1) is 5.75 Å². The number of phenols is 1. The van der Waals surface area contributed by atoms with Crippen molar-refractivity contribution in [3.05, 3.63) is 46.6 Å². The number of benzene rings is 1. The second kappa shape index (κ2) is 10.5. The standard InChI is InChI=1S/C17H21BrN4O4S/c18-14-5-7-17(20-12-14)22-21-15-6-4-13(11-16(15)23)3-1-8-19-9-2-10-27(24,25)26/h4-7,11-12,19,23H,1-3,8-10H2,(H,24,25,26). The lowest BCUT2D eigenvalue weighted by molar-refractivity contribution is 0.475. The zero-order chi connectivity index (χ0) is 19.7. The summed E-state index contributed by atoms with van der Waals surface area (Å²) >= 11 is 3.29. The van der Waals surface area contributed by atoms with Crippen molar-refractivity contribution in [2.24, 2.45) is 10.2 Å². The van der Waals surface area contributed by atoms with Gasteiger partial charge in [-0.05, 0) is 78.1 Å². The lowest BCUT2D eigenvalue weighted by Crippen LogP contribution is -2.19. The van der Waals surface area contributed by atoms with Crippen molar-refractivity contribution < 1.29 is 18.1 Å². The van der Waals surface area contributed by atoms with Crippen LogP contribution in [-0.4, -0.2) is 41.9 Å². The maximum atomic E-state index is 10.6. The Morgan fingerprint density at radius 3 is 2.56 bits per heavy atom. The Morgan fingerprint density at radius 2 is 1.89 bits per heavy atom. The lowest BCUT2D eigenvalue weighted by atomic mass is 10.1. The Kier molecular flexibility index (Phi) is 8.29. The van der Waals surface area contributed by atoms with Crippen LogP contribution in [-0.2, 0) is 16.5 Å². The minimum atomic E-state index is -3.88. The number of rotatable bonds is 10. The summed E-state index contributed by atoms with van der Waals surface area (Å²) in [6.07, 6.45) is 3.57. The van der Waals surface area contributed by atoms with Gasteiger partial charge in [0.15, 0.2) is 5.82 Å². The molecule has 0 aliphatic rings. The minimum absolute atomic E-state index is 0.0504. The van der Waals surface area contributed by atoms with E-state index < -0.39 is 10.1 Å². The smallest absolute Gasteiger partial charge is 0.264 e. The molecule has 0 aliphatic heterocycles. The number of phenolic OH excluding ortho intramolecular Hbond substituents is 1. The molecule has 8 nitrogen and oxygen atoms in total. The van der Waals surface area contributed by atoms with Crippen LogP contribution in [0.25, 0.3) is 0 Å². The van der Waals surface area contributed by atoms with Gasteiger partial charge in [-0.2, -0.15) is 8.42 Å². The number of pyridine rings is 1. The SMILES string of the molecule is O=S(=O)(O)CCCNCCCc1ccc(N=Nc2ccc(Br)cn2)c(O)c1. The molecule has 2 rings (SSSR count). The van der Waals surface area contributed by atoms with Gasteiger partial charge in [-0.3, -0.25) is 4.55 Å². The van der Waals surface area contributed by atoms with Gasteiger partial charge in [-0.25, -0.2) is 4.98 Å². The maximum Gasteiger partial charge on any atom is 0.264 e. The Bertz CT molecular complexity index is 873. The van der Waals surface area contributed by atoms with Crippen LogP contribution in [0.2, 0.25) is 0 Å². The van der Waals surface area contributed by atoms with Gasteiger partial charge in [0, 0.05) is 10.7 Å². The fourth-order valence-corrected chi connectivity index (χ4v) is 3.01. The molecule has 0 atom stereocenters. The average molecular weight is 457 g/mol. The number of azo groups is 1. The molecule has 0 bridgehead atoms. The Balaban J connectivity index is 1.76. The molecule has 10 heteroatoms. The second-order valence-corrected chi connectivity index (χ2v) is 8.34. The van der Waals surface area contributed by atoms with Crippen LogP contribution in [0.5, 0.6) is 5.75 Å². The number of halogens is 1. The third kappa shape index (κ3) is 8.57. The van der Waals surface area contributed by atoms with Crippen molar-refractivity contribution in [3.8, 4) is 5.75 Å². The molecule has 3 N–H and O–H groups in total. The van der Waals surface area contributed by atoms with Gasteiger partial charge >= 0.3 is 0 Å². The van der Waals surface area contributed by atoms with E-state index in [2.05, 4.69) is 36.5 Å². The summed E-state index contributed by atoms with van der Waals surface area (Å²) in [7, 11) is -3.88. The summed E-state index contributed by atoms with van der Waals surface area (Å²) < 4.78 is 30.7. The first-order valence-electron chi connectivity index (χ1n) is 8.34. The second-order valence-electron chi connectivity index (χ2n) is 5.85. The number of hydrogen-bond acceptors (Lipinski definition) is 7. The van der Waals surface area contributed by atoms with Gasteiger partial charge < -0.3 is 10.4 Å². The molecule has 0 saturated carbocycles. The normalized spacial score (nSPS) is 11.9. The largest absolute Gasteiger partial charge is 0.506 e. The van der Waals surface area contributed by atoms with Crippen LogP contribution < -0.4 is 5.32 Å². The van der Waals surface area contributed by atoms with E-state index >= 15 is 0 Å². The van der Waals surface area contributed by atoms with Gasteiger partial charge in [-0.1, -0.05) is 6.07 Å². The van der Waals surface area contributed by atoms with E-state index in [4.69, 9.17) is 4.55 Å². The molecule has 0 radical (unpaired) electrons. The molecule has 0 aliphatic carbocycles. The number of nitrogens with zero attached hydrogens (tertiary/aromatic N) is 3. The highest BCUT2D eigenvalue weighted by Crippen LogP contribution is 2.29. The minimum Gasteiger partial charge on any atom is -0.506 e. The van der Waals surface area contributed by atoms with Crippen molar-refractivity contribution in [2.45, 2.75) is 19.3 Å². The Hall–Kier alpha value is -1.88.